The van der Waals surface area contributed by atoms with Crippen LogP contribution in [0.25, 0.3) is 17.5 Å². The summed E-state index contributed by atoms with van der Waals surface area (Å²) in [6.45, 7) is 0. The number of alkyl halides is 6. The third-order valence-electron chi connectivity index (χ3n) is 5.52. The van der Waals surface area contributed by atoms with Gasteiger partial charge in [-0.3, -0.25) is 9.36 Å². The van der Waals surface area contributed by atoms with Crippen LogP contribution in [0.1, 0.15) is 28.2 Å². The molecule has 1 aliphatic rings. The van der Waals surface area contributed by atoms with E-state index in [4.69, 9.17) is 5.73 Å². The normalized spacial score (nSPS) is 16.5. The third-order valence-corrected chi connectivity index (χ3v) is 6.63. The van der Waals surface area contributed by atoms with Crippen molar-refractivity contribution in [2.45, 2.75) is 18.3 Å². The van der Waals surface area contributed by atoms with Gasteiger partial charge in [-0.05, 0) is 29.3 Å². The molecule has 1 atom stereocenters. The van der Waals surface area contributed by atoms with Crippen LogP contribution in [0, 0.1) is 22.7 Å². The number of rotatable bonds is 2. The molecule has 0 saturated heterocycles. The van der Waals surface area contributed by atoms with Gasteiger partial charge in [-0.15, -0.1) is 11.3 Å². The van der Waals surface area contributed by atoms with Crippen LogP contribution in [-0.2, 0) is 12.4 Å². The Balaban J connectivity index is 2.09. The lowest BCUT2D eigenvalue weighted by molar-refractivity contribution is -0.138. The largest absolute Gasteiger partial charge is 0.416 e. The molecule has 0 bridgehead atoms. The highest BCUT2D eigenvalue weighted by Crippen LogP contribution is 2.42. The van der Waals surface area contributed by atoms with Gasteiger partial charge >= 0.3 is 12.4 Å². The molecule has 0 unspecified atom stereocenters. The molecule has 5 nitrogen and oxygen atoms in total. The van der Waals surface area contributed by atoms with Crippen LogP contribution in [0.4, 0.5) is 26.3 Å². The smallest absolute Gasteiger partial charge is 0.384 e. The SMILES string of the molecule is N#CC1=C(N)n2c(sc(=Cc3ccccc3C(F)(F)F)c2=O)=C(C#N)[C@@H]1c1ccccc1C(F)(F)F. The van der Waals surface area contributed by atoms with E-state index in [1.54, 1.807) is 12.1 Å². The van der Waals surface area contributed by atoms with Gasteiger partial charge < -0.3 is 5.73 Å². The van der Waals surface area contributed by atoms with E-state index < -0.39 is 51.9 Å². The Morgan fingerprint density at radius 1 is 0.889 bits per heavy atom. The molecular formula is C24H12F6N4OS. The first kappa shape index (κ1) is 24.8. The van der Waals surface area contributed by atoms with Crippen molar-refractivity contribution in [1.82, 2.24) is 4.57 Å². The van der Waals surface area contributed by atoms with Gasteiger partial charge in [0.15, 0.2) is 0 Å². The Morgan fingerprint density at radius 3 is 2.03 bits per heavy atom. The summed E-state index contributed by atoms with van der Waals surface area (Å²) in [5, 5.41) is 19.6. The minimum atomic E-state index is -4.82. The zero-order valence-corrected chi connectivity index (χ0v) is 18.6. The highest BCUT2D eigenvalue weighted by Gasteiger charge is 2.40. The van der Waals surface area contributed by atoms with Crippen molar-refractivity contribution in [3.63, 3.8) is 0 Å². The Morgan fingerprint density at radius 2 is 1.44 bits per heavy atom. The van der Waals surface area contributed by atoms with Crippen molar-refractivity contribution < 1.29 is 26.3 Å². The minimum Gasteiger partial charge on any atom is -0.384 e. The molecule has 0 amide bonds. The number of allylic oxidation sites excluding steroid dienone is 1. The third kappa shape index (κ3) is 4.06. The van der Waals surface area contributed by atoms with Crippen LogP contribution in [-0.4, -0.2) is 4.57 Å². The first-order valence-corrected chi connectivity index (χ1v) is 10.8. The van der Waals surface area contributed by atoms with Gasteiger partial charge in [0.2, 0.25) is 0 Å². The molecule has 0 saturated carbocycles. The Bertz CT molecular complexity index is 1680. The van der Waals surface area contributed by atoms with E-state index in [2.05, 4.69) is 0 Å². The molecule has 0 fully saturated rings. The van der Waals surface area contributed by atoms with Crippen LogP contribution in [0.15, 0.2) is 58.9 Å². The Hall–Kier alpha value is -4.29. The van der Waals surface area contributed by atoms with E-state index in [9.17, 15) is 41.7 Å². The number of hydrogen-bond acceptors (Lipinski definition) is 5. The summed E-state index contributed by atoms with van der Waals surface area (Å²) in [5.41, 5.74) is 1.46. The molecule has 12 heteroatoms. The van der Waals surface area contributed by atoms with Crippen LogP contribution in [0.2, 0.25) is 0 Å². The molecular weight excluding hydrogens is 506 g/mol. The number of halogens is 6. The lowest BCUT2D eigenvalue weighted by Crippen LogP contribution is -2.38. The molecule has 3 aromatic rings. The minimum absolute atomic E-state index is 0.170. The van der Waals surface area contributed by atoms with E-state index in [1.165, 1.54) is 18.2 Å². The number of benzene rings is 2. The van der Waals surface area contributed by atoms with Gasteiger partial charge in [0.25, 0.3) is 5.56 Å². The van der Waals surface area contributed by atoms with Gasteiger partial charge in [0.1, 0.15) is 10.5 Å². The van der Waals surface area contributed by atoms with Crippen molar-refractivity contribution in [1.29, 1.82) is 10.5 Å². The lowest BCUT2D eigenvalue weighted by atomic mass is 9.82. The molecule has 1 aliphatic heterocycles. The average molecular weight is 518 g/mol. The van der Waals surface area contributed by atoms with Crippen molar-refractivity contribution in [3.05, 3.63) is 95.9 Å². The van der Waals surface area contributed by atoms with Gasteiger partial charge in [0, 0.05) is 0 Å². The molecule has 0 aliphatic carbocycles. The Labute approximate surface area is 202 Å². The maximum absolute atomic E-state index is 13.7. The average Bonchev–Trinajstić information content (AvgIpc) is 3.14. The summed E-state index contributed by atoms with van der Waals surface area (Å²) in [4.78, 5) is 13.1. The summed E-state index contributed by atoms with van der Waals surface area (Å²) in [6.07, 6.45) is -8.57. The second-order valence-corrected chi connectivity index (χ2v) is 8.63. The number of thiazole rings is 1. The molecule has 1 aromatic heterocycles. The standard InChI is InChI=1S/C24H12F6N4OS/c25-23(26,27)16-7-3-1-5-12(16)9-18-21(35)34-20(33)14(10-31)19(15(11-32)22(34)36-18)13-6-2-4-8-17(13)24(28,29)30/h1-9,19H,33H2/t19-/m1/s1. The monoisotopic (exact) mass is 518 g/mol. The fraction of sp³-hybridized carbons (Fsp3) is 0.125. The quantitative estimate of drug-likeness (QED) is 0.521. The molecule has 0 spiro atoms. The van der Waals surface area contributed by atoms with E-state index in [-0.39, 0.29) is 20.3 Å². The predicted molar refractivity (Wildman–Crippen MR) is 119 cm³/mol. The first-order valence-electron chi connectivity index (χ1n) is 10.0. The first-order chi connectivity index (χ1) is 16.9. The maximum Gasteiger partial charge on any atom is 0.416 e. The van der Waals surface area contributed by atoms with Crippen LogP contribution < -0.4 is 20.5 Å². The summed E-state index contributed by atoms with van der Waals surface area (Å²) < 4.78 is 81.8. The van der Waals surface area contributed by atoms with Crippen molar-refractivity contribution >= 4 is 28.8 Å². The number of nitrogens with two attached hydrogens (primary N) is 1. The maximum atomic E-state index is 13.7. The molecule has 4 rings (SSSR count). The summed E-state index contributed by atoms with van der Waals surface area (Å²) in [7, 11) is 0. The number of hydrogen-bond donors (Lipinski definition) is 1. The molecule has 36 heavy (non-hydrogen) atoms. The number of aromatic nitrogens is 1. The highest BCUT2D eigenvalue weighted by molar-refractivity contribution is 7.07. The molecule has 182 valence electrons. The van der Waals surface area contributed by atoms with Crippen molar-refractivity contribution in [3.8, 4) is 12.1 Å². The zero-order valence-electron chi connectivity index (χ0n) is 17.8. The van der Waals surface area contributed by atoms with E-state index in [0.717, 1.165) is 41.0 Å². The molecule has 0 radical (unpaired) electrons. The van der Waals surface area contributed by atoms with Gasteiger partial charge in [-0.2, -0.15) is 36.9 Å². The molecule has 2 N–H and O–H groups in total. The van der Waals surface area contributed by atoms with Gasteiger partial charge in [0.05, 0.1) is 44.9 Å². The van der Waals surface area contributed by atoms with E-state index in [1.807, 2.05) is 0 Å². The van der Waals surface area contributed by atoms with E-state index in [0.29, 0.717) is 11.3 Å². The van der Waals surface area contributed by atoms with Crippen molar-refractivity contribution in [2.75, 3.05) is 0 Å². The summed E-state index contributed by atoms with van der Waals surface area (Å²) in [5.74, 6) is -2.04. The Kier molecular flexibility index (Phi) is 6.02. The molecule has 2 heterocycles. The number of fused-ring (bicyclic) bond motifs is 1. The van der Waals surface area contributed by atoms with Crippen LogP contribution >= 0.6 is 11.3 Å². The topological polar surface area (TPSA) is 95.6 Å². The fourth-order valence-corrected chi connectivity index (χ4v) is 5.11. The van der Waals surface area contributed by atoms with E-state index >= 15 is 0 Å². The summed E-state index contributed by atoms with van der Waals surface area (Å²) in [6, 6.07) is 12.3. The summed E-state index contributed by atoms with van der Waals surface area (Å²) >= 11 is 0.600. The van der Waals surface area contributed by atoms with Crippen LogP contribution in [0.5, 0.6) is 0 Å². The predicted octanol–water partition coefficient (Wildman–Crippen LogP) is 3.90. The number of nitrogens with zero attached hydrogens (tertiary/aromatic N) is 3. The lowest BCUT2D eigenvalue weighted by Gasteiger charge is -2.24. The van der Waals surface area contributed by atoms with Crippen molar-refractivity contribution in [2.24, 2.45) is 5.73 Å². The molecule has 2 aromatic carbocycles. The van der Waals surface area contributed by atoms with Crippen LogP contribution in [0.3, 0.4) is 0 Å². The second-order valence-electron chi connectivity index (χ2n) is 7.60. The zero-order chi connectivity index (χ0) is 26.4. The highest BCUT2D eigenvalue weighted by atomic mass is 32.1. The fourth-order valence-electron chi connectivity index (χ4n) is 3.99. The second kappa shape index (κ2) is 8.73. The van der Waals surface area contributed by atoms with Gasteiger partial charge in [-0.25, -0.2) is 0 Å². The number of nitriles is 2. The van der Waals surface area contributed by atoms with Gasteiger partial charge in [-0.1, -0.05) is 36.4 Å².